The Morgan fingerprint density at radius 3 is 2.71 bits per heavy atom. The molecule has 1 N–H and O–H groups in total. The molecular formula is C18H22FNO. The minimum absolute atomic E-state index is 0.256. The molecule has 0 aromatic heterocycles. The number of hydrogen-bond donors (Lipinski definition) is 1. The van der Waals surface area contributed by atoms with E-state index in [9.17, 15) is 4.39 Å². The molecule has 3 heteroatoms. The largest absolute Gasteiger partial charge is 0.496 e. The lowest BCUT2D eigenvalue weighted by Crippen LogP contribution is -2.19. The van der Waals surface area contributed by atoms with E-state index in [4.69, 9.17) is 4.74 Å². The van der Waals surface area contributed by atoms with Crippen LogP contribution in [0.1, 0.15) is 31.9 Å². The summed E-state index contributed by atoms with van der Waals surface area (Å²) < 4.78 is 18.9. The Bertz CT molecular complexity index is 598. The molecule has 112 valence electrons. The van der Waals surface area contributed by atoms with Crippen LogP contribution in [0, 0.1) is 5.82 Å². The molecule has 0 aliphatic carbocycles. The van der Waals surface area contributed by atoms with E-state index >= 15 is 0 Å². The van der Waals surface area contributed by atoms with Gasteiger partial charge in [-0.3, -0.25) is 0 Å². The fourth-order valence-corrected chi connectivity index (χ4v) is 2.36. The molecule has 0 saturated carbocycles. The maximum absolute atomic E-state index is 13.5. The highest BCUT2D eigenvalue weighted by Crippen LogP contribution is 2.32. The Labute approximate surface area is 126 Å². The van der Waals surface area contributed by atoms with Crippen LogP contribution in [0.4, 0.5) is 4.39 Å². The van der Waals surface area contributed by atoms with Crippen LogP contribution in [0.15, 0.2) is 42.5 Å². The van der Waals surface area contributed by atoms with E-state index in [-0.39, 0.29) is 11.9 Å². The second-order valence-corrected chi connectivity index (χ2v) is 5.15. The number of ether oxygens (including phenoxy) is 1. The SMILES string of the molecule is CCCNC(C)c1cccc(-c2cc(F)ccc2OC)c1. The van der Waals surface area contributed by atoms with E-state index in [1.54, 1.807) is 13.2 Å². The summed E-state index contributed by atoms with van der Waals surface area (Å²) in [5, 5.41) is 3.46. The molecule has 0 amide bonds. The van der Waals surface area contributed by atoms with Crippen molar-refractivity contribution >= 4 is 0 Å². The Balaban J connectivity index is 2.35. The number of hydrogen-bond acceptors (Lipinski definition) is 2. The average Bonchev–Trinajstić information content (AvgIpc) is 2.52. The first kappa shape index (κ1) is 15.5. The summed E-state index contributed by atoms with van der Waals surface area (Å²) in [6, 6.07) is 13.0. The highest BCUT2D eigenvalue weighted by Gasteiger charge is 2.10. The first-order valence-electron chi connectivity index (χ1n) is 7.33. The third-order valence-corrected chi connectivity index (χ3v) is 3.56. The smallest absolute Gasteiger partial charge is 0.126 e. The number of nitrogens with one attached hydrogen (secondary N) is 1. The van der Waals surface area contributed by atoms with Gasteiger partial charge in [0, 0.05) is 11.6 Å². The molecule has 0 fully saturated rings. The van der Waals surface area contributed by atoms with Crippen LogP contribution < -0.4 is 10.1 Å². The van der Waals surface area contributed by atoms with Gasteiger partial charge in [-0.25, -0.2) is 4.39 Å². The van der Waals surface area contributed by atoms with Crippen LogP contribution in [-0.2, 0) is 0 Å². The van der Waals surface area contributed by atoms with Crippen molar-refractivity contribution in [3.63, 3.8) is 0 Å². The molecule has 2 rings (SSSR count). The molecule has 0 aliphatic rings. The summed E-state index contributed by atoms with van der Waals surface area (Å²) in [6.07, 6.45) is 1.10. The zero-order valence-corrected chi connectivity index (χ0v) is 12.8. The number of halogens is 1. The van der Waals surface area contributed by atoms with Gasteiger partial charge in [0.15, 0.2) is 0 Å². The predicted molar refractivity (Wildman–Crippen MR) is 85.1 cm³/mol. The summed E-state index contributed by atoms with van der Waals surface area (Å²) >= 11 is 0. The van der Waals surface area contributed by atoms with Gasteiger partial charge in [0.05, 0.1) is 7.11 Å². The first-order chi connectivity index (χ1) is 10.2. The van der Waals surface area contributed by atoms with Gasteiger partial charge >= 0.3 is 0 Å². The Hall–Kier alpha value is -1.87. The van der Waals surface area contributed by atoms with Gasteiger partial charge in [-0.2, -0.15) is 0 Å². The molecule has 1 atom stereocenters. The van der Waals surface area contributed by atoms with Gasteiger partial charge in [0.1, 0.15) is 11.6 Å². The third-order valence-electron chi connectivity index (χ3n) is 3.56. The molecule has 2 aromatic carbocycles. The van der Waals surface area contributed by atoms with E-state index in [0.29, 0.717) is 5.75 Å². The van der Waals surface area contributed by atoms with E-state index in [0.717, 1.165) is 24.1 Å². The molecule has 0 saturated heterocycles. The predicted octanol–water partition coefficient (Wildman–Crippen LogP) is 4.56. The fourth-order valence-electron chi connectivity index (χ4n) is 2.36. The van der Waals surface area contributed by atoms with Crippen molar-refractivity contribution in [3.8, 4) is 16.9 Å². The van der Waals surface area contributed by atoms with Crippen LogP contribution in [-0.4, -0.2) is 13.7 Å². The number of benzene rings is 2. The highest BCUT2D eigenvalue weighted by atomic mass is 19.1. The quantitative estimate of drug-likeness (QED) is 0.840. The Morgan fingerprint density at radius 2 is 2.00 bits per heavy atom. The standard InChI is InChI=1S/C18H22FNO/c1-4-10-20-13(2)14-6-5-7-15(11-14)17-12-16(19)8-9-18(17)21-3/h5-9,11-13,20H,4,10H2,1-3H3. The fraction of sp³-hybridized carbons (Fsp3) is 0.333. The van der Waals surface area contributed by atoms with E-state index in [1.807, 2.05) is 12.1 Å². The molecule has 0 bridgehead atoms. The zero-order chi connectivity index (χ0) is 15.2. The molecular weight excluding hydrogens is 265 g/mol. The molecule has 0 spiro atoms. The number of rotatable bonds is 6. The van der Waals surface area contributed by atoms with Crippen molar-refractivity contribution in [2.75, 3.05) is 13.7 Å². The van der Waals surface area contributed by atoms with Gasteiger partial charge in [0.25, 0.3) is 0 Å². The molecule has 1 unspecified atom stereocenters. The second kappa shape index (κ2) is 7.23. The zero-order valence-electron chi connectivity index (χ0n) is 12.8. The van der Waals surface area contributed by atoms with Gasteiger partial charge in [0.2, 0.25) is 0 Å². The first-order valence-corrected chi connectivity index (χ1v) is 7.33. The lowest BCUT2D eigenvalue weighted by Gasteiger charge is -2.15. The van der Waals surface area contributed by atoms with Gasteiger partial charge < -0.3 is 10.1 Å². The van der Waals surface area contributed by atoms with Crippen LogP contribution >= 0.6 is 0 Å². The van der Waals surface area contributed by atoms with Gasteiger partial charge in [-0.05, 0) is 55.3 Å². The lowest BCUT2D eigenvalue weighted by molar-refractivity contribution is 0.415. The maximum atomic E-state index is 13.5. The highest BCUT2D eigenvalue weighted by molar-refractivity contribution is 5.71. The van der Waals surface area contributed by atoms with Crippen molar-refractivity contribution in [1.82, 2.24) is 5.32 Å². The topological polar surface area (TPSA) is 21.3 Å². The summed E-state index contributed by atoms with van der Waals surface area (Å²) in [4.78, 5) is 0. The van der Waals surface area contributed by atoms with Crippen molar-refractivity contribution in [1.29, 1.82) is 0 Å². The molecule has 2 nitrogen and oxygen atoms in total. The van der Waals surface area contributed by atoms with Crippen LogP contribution in [0.5, 0.6) is 5.75 Å². The van der Waals surface area contributed by atoms with E-state index in [1.165, 1.54) is 17.7 Å². The maximum Gasteiger partial charge on any atom is 0.126 e. The van der Waals surface area contributed by atoms with E-state index < -0.39 is 0 Å². The van der Waals surface area contributed by atoms with Crippen molar-refractivity contribution < 1.29 is 9.13 Å². The summed E-state index contributed by atoms with van der Waals surface area (Å²) in [5.74, 6) is 0.427. The molecule has 21 heavy (non-hydrogen) atoms. The number of methoxy groups -OCH3 is 1. The molecule has 0 heterocycles. The van der Waals surface area contributed by atoms with Gasteiger partial charge in [-0.1, -0.05) is 25.1 Å². The molecule has 0 aliphatic heterocycles. The van der Waals surface area contributed by atoms with Gasteiger partial charge in [-0.15, -0.1) is 0 Å². The Kier molecular flexibility index (Phi) is 5.34. The Morgan fingerprint density at radius 1 is 1.19 bits per heavy atom. The van der Waals surface area contributed by atoms with Crippen LogP contribution in [0.25, 0.3) is 11.1 Å². The van der Waals surface area contributed by atoms with Crippen molar-refractivity contribution in [2.24, 2.45) is 0 Å². The van der Waals surface area contributed by atoms with Crippen molar-refractivity contribution in [3.05, 3.63) is 53.8 Å². The minimum atomic E-state index is -0.256. The van der Waals surface area contributed by atoms with E-state index in [2.05, 4.69) is 31.3 Å². The molecule has 0 radical (unpaired) electrons. The monoisotopic (exact) mass is 287 g/mol. The summed E-state index contributed by atoms with van der Waals surface area (Å²) in [6.45, 7) is 5.26. The van der Waals surface area contributed by atoms with Crippen LogP contribution in [0.3, 0.4) is 0 Å². The summed E-state index contributed by atoms with van der Waals surface area (Å²) in [5.41, 5.74) is 2.93. The van der Waals surface area contributed by atoms with Crippen LogP contribution in [0.2, 0.25) is 0 Å². The normalized spacial score (nSPS) is 12.2. The minimum Gasteiger partial charge on any atom is -0.496 e. The molecule has 2 aromatic rings. The lowest BCUT2D eigenvalue weighted by atomic mass is 9.99. The summed E-state index contributed by atoms with van der Waals surface area (Å²) in [7, 11) is 1.60. The van der Waals surface area contributed by atoms with Crippen molar-refractivity contribution in [2.45, 2.75) is 26.3 Å². The second-order valence-electron chi connectivity index (χ2n) is 5.15. The third kappa shape index (κ3) is 3.82. The average molecular weight is 287 g/mol.